The van der Waals surface area contributed by atoms with Crippen molar-refractivity contribution in [3.05, 3.63) is 52.5 Å². The lowest BCUT2D eigenvalue weighted by molar-refractivity contribution is 0.430. The van der Waals surface area contributed by atoms with E-state index >= 15 is 0 Å². The predicted octanol–water partition coefficient (Wildman–Crippen LogP) is 3.12. The maximum Gasteiger partial charge on any atom is 0.294 e. The molecule has 5 nitrogen and oxygen atoms in total. The molecule has 0 fully saturated rings. The summed E-state index contributed by atoms with van der Waals surface area (Å²) in [5, 5.41) is 1.10. The van der Waals surface area contributed by atoms with E-state index in [2.05, 4.69) is 9.97 Å². The van der Waals surface area contributed by atoms with Crippen LogP contribution in [0, 0.1) is 11.6 Å². The number of benzene rings is 1. The Bertz CT molecular complexity index is 959. The molecule has 0 spiro atoms. The molecule has 1 aromatic carbocycles. The molecule has 0 atom stereocenters. The number of fused-ring (bicyclic) bond motifs is 1. The van der Waals surface area contributed by atoms with E-state index in [1.165, 1.54) is 29.4 Å². The number of aryl methyl sites for hydroxylation is 1. The molecule has 0 radical (unpaired) electrons. The van der Waals surface area contributed by atoms with E-state index in [1.54, 1.807) is 6.20 Å². The number of aromatic nitrogens is 3. The van der Waals surface area contributed by atoms with Gasteiger partial charge < -0.3 is 4.74 Å². The summed E-state index contributed by atoms with van der Waals surface area (Å²) in [4.78, 5) is 20.7. The van der Waals surface area contributed by atoms with Gasteiger partial charge in [0.2, 0.25) is 0 Å². The molecule has 3 aromatic rings. The first kappa shape index (κ1) is 15.4. The van der Waals surface area contributed by atoms with Gasteiger partial charge in [0.25, 0.3) is 5.56 Å². The van der Waals surface area contributed by atoms with Crippen molar-refractivity contribution in [3.8, 4) is 11.5 Å². The number of ether oxygens (including phenoxy) is 1. The van der Waals surface area contributed by atoms with Crippen LogP contribution in [-0.4, -0.2) is 20.8 Å². The number of thioether (sulfide) groups is 1. The van der Waals surface area contributed by atoms with Gasteiger partial charge in [-0.2, -0.15) is 0 Å². The monoisotopic (exact) mass is 335 g/mol. The summed E-state index contributed by atoms with van der Waals surface area (Å²) >= 11 is 1.35. The second kappa shape index (κ2) is 5.96. The highest BCUT2D eigenvalue weighted by Gasteiger charge is 2.13. The lowest BCUT2D eigenvalue weighted by atomic mass is 10.3. The minimum atomic E-state index is -0.888. The average molecular weight is 335 g/mol. The van der Waals surface area contributed by atoms with E-state index in [-0.39, 0.29) is 11.5 Å². The molecule has 0 bridgehead atoms. The first-order valence-corrected chi connectivity index (χ1v) is 7.75. The van der Waals surface area contributed by atoms with Gasteiger partial charge in [0.15, 0.2) is 22.5 Å². The van der Waals surface area contributed by atoms with Crippen LogP contribution in [0.3, 0.4) is 0 Å². The largest absolute Gasteiger partial charge is 0.448 e. The molecule has 23 heavy (non-hydrogen) atoms. The molecule has 2 aromatic heterocycles. The molecular weight excluding hydrogens is 324 g/mol. The normalized spacial score (nSPS) is 11.0. The number of hydrogen-bond donors (Lipinski definition) is 0. The maximum atomic E-state index is 13.7. The first-order chi connectivity index (χ1) is 11.0. The third-order valence-corrected chi connectivity index (χ3v) is 3.75. The van der Waals surface area contributed by atoms with Crippen LogP contribution in [0.2, 0.25) is 0 Å². The van der Waals surface area contributed by atoms with Crippen LogP contribution in [0.1, 0.15) is 0 Å². The molecule has 0 N–H and O–H groups in total. The average Bonchev–Trinajstić information content (AvgIpc) is 2.54. The zero-order valence-corrected chi connectivity index (χ0v) is 13.0. The van der Waals surface area contributed by atoms with Gasteiger partial charge in [0.1, 0.15) is 11.5 Å². The summed E-state index contributed by atoms with van der Waals surface area (Å²) in [6.45, 7) is 0. The number of halogens is 2. The first-order valence-electron chi connectivity index (χ1n) is 6.53. The van der Waals surface area contributed by atoms with Crippen molar-refractivity contribution in [2.24, 2.45) is 7.05 Å². The summed E-state index contributed by atoms with van der Waals surface area (Å²) in [6, 6.07) is 4.30. The minimum absolute atomic E-state index is 0.0917. The number of rotatable bonds is 3. The molecule has 2 heterocycles. The summed E-state index contributed by atoms with van der Waals surface area (Å²) < 4.78 is 33.2. The molecule has 0 amide bonds. The van der Waals surface area contributed by atoms with E-state index in [0.29, 0.717) is 22.3 Å². The molecule has 0 unspecified atom stereocenters. The molecule has 8 heteroatoms. The Morgan fingerprint density at radius 2 is 2.00 bits per heavy atom. The molecule has 118 valence electrons. The van der Waals surface area contributed by atoms with E-state index < -0.39 is 17.2 Å². The van der Waals surface area contributed by atoms with Gasteiger partial charge in [-0.25, -0.2) is 18.7 Å². The van der Waals surface area contributed by atoms with Gasteiger partial charge >= 0.3 is 0 Å². The minimum Gasteiger partial charge on any atom is -0.448 e. The highest BCUT2D eigenvalue weighted by molar-refractivity contribution is 7.98. The SMILES string of the molecule is CSc1ncc2cc(Oc3ccc(F)cc3F)c(=O)n(C)c2n1. The zero-order chi connectivity index (χ0) is 16.6. The van der Waals surface area contributed by atoms with Crippen LogP contribution in [0.5, 0.6) is 11.5 Å². The molecule has 3 rings (SSSR count). The van der Waals surface area contributed by atoms with Crippen LogP contribution in [0.4, 0.5) is 8.78 Å². The Hall–Kier alpha value is -2.48. The van der Waals surface area contributed by atoms with Gasteiger partial charge in [0.05, 0.1) is 0 Å². The number of hydrogen-bond acceptors (Lipinski definition) is 5. The summed E-state index contributed by atoms with van der Waals surface area (Å²) in [6.07, 6.45) is 3.38. The molecule has 0 aliphatic heterocycles. The van der Waals surface area contributed by atoms with Gasteiger partial charge in [-0.05, 0) is 24.5 Å². The highest BCUT2D eigenvalue weighted by Crippen LogP contribution is 2.25. The number of nitrogens with zero attached hydrogens (tertiary/aromatic N) is 3. The van der Waals surface area contributed by atoms with E-state index in [0.717, 1.165) is 12.1 Å². The smallest absolute Gasteiger partial charge is 0.294 e. The van der Waals surface area contributed by atoms with E-state index in [9.17, 15) is 13.6 Å². The summed E-state index contributed by atoms with van der Waals surface area (Å²) in [5.41, 5.74) is -0.0340. The van der Waals surface area contributed by atoms with Crippen LogP contribution in [0.25, 0.3) is 11.0 Å². The van der Waals surface area contributed by atoms with E-state index in [4.69, 9.17) is 4.74 Å². The second-order valence-corrected chi connectivity index (χ2v) is 5.46. The van der Waals surface area contributed by atoms with Crippen molar-refractivity contribution in [1.29, 1.82) is 0 Å². The maximum absolute atomic E-state index is 13.7. The molecule has 0 aliphatic rings. The Labute approximate surface area is 133 Å². The quantitative estimate of drug-likeness (QED) is 0.544. The molecule has 0 aliphatic carbocycles. The fourth-order valence-electron chi connectivity index (χ4n) is 2.05. The Kier molecular flexibility index (Phi) is 3.99. The second-order valence-electron chi connectivity index (χ2n) is 4.69. The van der Waals surface area contributed by atoms with Crippen molar-refractivity contribution in [2.75, 3.05) is 6.26 Å². The predicted molar refractivity (Wildman–Crippen MR) is 83.0 cm³/mol. The Balaban J connectivity index is 2.11. The lowest BCUT2D eigenvalue weighted by Crippen LogP contribution is -2.19. The summed E-state index contributed by atoms with van der Waals surface area (Å²) in [5.74, 6) is -1.93. The van der Waals surface area contributed by atoms with Crippen LogP contribution >= 0.6 is 11.8 Å². The van der Waals surface area contributed by atoms with Crippen molar-refractivity contribution in [2.45, 2.75) is 5.16 Å². The third-order valence-electron chi connectivity index (χ3n) is 3.19. The van der Waals surface area contributed by atoms with Gasteiger partial charge in [0, 0.05) is 24.7 Å². The van der Waals surface area contributed by atoms with Gasteiger partial charge in [-0.3, -0.25) is 9.36 Å². The van der Waals surface area contributed by atoms with Crippen molar-refractivity contribution < 1.29 is 13.5 Å². The van der Waals surface area contributed by atoms with Crippen LogP contribution < -0.4 is 10.3 Å². The van der Waals surface area contributed by atoms with Gasteiger partial charge in [-0.1, -0.05) is 11.8 Å². The van der Waals surface area contributed by atoms with Crippen molar-refractivity contribution >= 4 is 22.8 Å². The summed E-state index contributed by atoms with van der Waals surface area (Å²) in [7, 11) is 1.54. The molecule has 0 saturated heterocycles. The molecule has 0 saturated carbocycles. The fourth-order valence-corrected chi connectivity index (χ4v) is 2.39. The standard InChI is InChI=1S/C15H11F2N3O2S/c1-20-13-8(7-18-15(19-13)23-2)5-12(14(20)21)22-11-4-3-9(16)6-10(11)17/h3-7H,1-2H3. The Morgan fingerprint density at radius 1 is 1.22 bits per heavy atom. The fraction of sp³-hybridized carbons (Fsp3) is 0.133. The Morgan fingerprint density at radius 3 is 2.70 bits per heavy atom. The topological polar surface area (TPSA) is 57.0 Å². The number of pyridine rings is 1. The zero-order valence-electron chi connectivity index (χ0n) is 12.2. The highest BCUT2D eigenvalue weighted by atomic mass is 32.2. The van der Waals surface area contributed by atoms with Crippen LogP contribution in [0.15, 0.2) is 40.4 Å². The van der Waals surface area contributed by atoms with Crippen molar-refractivity contribution in [3.63, 3.8) is 0 Å². The lowest BCUT2D eigenvalue weighted by Gasteiger charge is -2.10. The van der Waals surface area contributed by atoms with E-state index in [1.807, 2.05) is 6.26 Å². The van der Waals surface area contributed by atoms with Crippen LogP contribution in [-0.2, 0) is 7.05 Å². The van der Waals surface area contributed by atoms with Gasteiger partial charge in [-0.15, -0.1) is 0 Å². The van der Waals surface area contributed by atoms with Crippen molar-refractivity contribution in [1.82, 2.24) is 14.5 Å². The molecular formula is C15H11F2N3O2S. The third kappa shape index (κ3) is 2.89.